The van der Waals surface area contributed by atoms with Crippen LogP contribution in [0.3, 0.4) is 0 Å². The number of hydrogen-bond acceptors (Lipinski definition) is 3. The normalized spacial score (nSPS) is 28.9. The van der Waals surface area contributed by atoms with E-state index in [0.717, 1.165) is 5.76 Å². The molecular weight excluding hydrogens is 156 g/mol. The van der Waals surface area contributed by atoms with E-state index in [1.807, 2.05) is 13.0 Å². The molecular formula is C9H10O3. The van der Waals surface area contributed by atoms with E-state index in [1.165, 1.54) is 0 Å². The Kier molecular flexibility index (Phi) is 1.64. The van der Waals surface area contributed by atoms with Crippen LogP contribution in [0.4, 0.5) is 0 Å². The van der Waals surface area contributed by atoms with Crippen LogP contribution in [0.25, 0.3) is 0 Å². The molecule has 1 fully saturated rings. The molecule has 0 bridgehead atoms. The first-order valence-corrected chi connectivity index (χ1v) is 4.00. The molecule has 0 amide bonds. The van der Waals surface area contributed by atoms with Gasteiger partial charge in [-0.1, -0.05) is 6.92 Å². The Bertz CT molecular complexity index is 276. The second-order valence-corrected chi connectivity index (χ2v) is 3.11. The van der Waals surface area contributed by atoms with Gasteiger partial charge in [0.05, 0.1) is 12.7 Å². The highest BCUT2D eigenvalue weighted by Crippen LogP contribution is 2.34. The van der Waals surface area contributed by atoms with Crippen LogP contribution in [-0.4, -0.2) is 5.97 Å². The van der Waals surface area contributed by atoms with Crippen molar-refractivity contribution in [1.29, 1.82) is 0 Å². The Morgan fingerprint density at radius 3 is 2.92 bits per heavy atom. The molecule has 1 aromatic heterocycles. The maximum absolute atomic E-state index is 10.9. The third kappa shape index (κ3) is 1.11. The van der Waals surface area contributed by atoms with Crippen molar-refractivity contribution in [3.05, 3.63) is 24.2 Å². The minimum Gasteiger partial charge on any atom is -0.465 e. The molecule has 0 spiro atoms. The largest absolute Gasteiger partial charge is 0.465 e. The van der Waals surface area contributed by atoms with Crippen molar-refractivity contribution in [2.24, 2.45) is 5.92 Å². The van der Waals surface area contributed by atoms with E-state index in [2.05, 4.69) is 0 Å². The summed E-state index contributed by atoms with van der Waals surface area (Å²) < 4.78 is 10.2. The van der Waals surface area contributed by atoms with Gasteiger partial charge in [-0.05, 0) is 12.1 Å². The smallest absolute Gasteiger partial charge is 0.306 e. The van der Waals surface area contributed by atoms with Gasteiger partial charge < -0.3 is 9.15 Å². The molecule has 2 heterocycles. The van der Waals surface area contributed by atoms with E-state index >= 15 is 0 Å². The summed E-state index contributed by atoms with van der Waals surface area (Å²) >= 11 is 0. The Morgan fingerprint density at radius 2 is 2.42 bits per heavy atom. The quantitative estimate of drug-likeness (QED) is 0.598. The van der Waals surface area contributed by atoms with Gasteiger partial charge >= 0.3 is 5.97 Å². The van der Waals surface area contributed by atoms with Gasteiger partial charge in [0.15, 0.2) is 6.10 Å². The average molecular weight is 166 g/mol. The molecule has 2 rings (SSSR count). The number of ether oxygens (including phenoxy) is 1. The van der Waals surface area contributed by atoms with Crippen LogP contribution < -0.4 is 0 Å². The molecule has 0 aliphatic carbocycles. The number of esters is 1. The molecule has 64 valence electrons. The van der Waals surface area contributed by atoms with Crippen LogP contribution in [0, 0.1) is 5.92 Å². The van der Waals surface area contributed by atoms with Gasteiger partial charge in [0.25, 0.3) is 0 Å². The summed E-state index contributed by atoms with van der Waals surface area (Å²) in [5, 5.41) is 0. The third-order valence-corrected chi connectivity index (χ3v) is 2.09. The molecule has 1 aromatic rings. The van der Waals surface area contributed by atoms with Gasteiger partial charge in [-0.25, -0.2) is 0 Å². The van der Waals surface area contributed by atoms with Crippen molar-refractivity contribution in [3.63, 3.8) is 0 Å². The summed E-state index contributed by atoms with van der Waals surface area (Å²) in [7, 11) is 0. The number of carbonyl (C=O) groups is 1. The van der Waals surface area contributed by atoms with E-state index < -0.39 is 0 Å². The maximum atomic E-state index is 10.9. The summed E-state index contributed by atoms with van der Waals surface area (Å²) in [6, 6.07) is 3.63. The summed E-state index contributed by atoms with van der Waals surface area (Å²) in [6.07, 6.45) is 1.91. The molecule has 0 unspecified atom stereocenters. The summed E-state index contributed by atoms with van der Waals surface area (Å²) in [5.41, 5.74) is 0. The number of cyclic esters (lactones) is 1. The van der Waals surface area contributed by atoms with Gasteiger partial charge in [-0.2, -0.15) is 0 Å². The molecule has 0 aromatic carbocycles. The molecule has 3 heteroatoms. The Labute approximate surface area is 70.3 Å². The average Bonchev–Trinajstić information content (AvgIpc) is 2.58. The van der Waals surface area contributed by atoms with E-state index in [4.69, 9.17) is 9.15 Å². The first kappa shape index (κ1) is 7.40. The van der Waals surface area contributed by atoms with Crippen LogP contribution in [0.5, 0.6) is 0 Å². The van der Waals surface area contributed by atoms with Crippen molar-refractivity contribution >= 4 is 5.97 Å². The van der Waals surface area contributed by atoms with E-state index in [9.17, 15) is 4.79 Å². The predicted octanol–water partition coefficient (Wildman–Crippen LogP) is 1.90. The highest BCUT2D eigenvalue weighted by molar-refractivity contribution is 5.72. The lowest BCUT2D eigenvalue weighted by molar-refractivity contribution is -0.142. The zero-order chi connectivity index (χ0) is 8.55. The van der Waals surface area contributed by atoms with Gasteiger partial charge in [0.1, 0.15) is 5.76 Å². The SMILES string of the molecule is C[C@H]1CC(=O)O[C@@H]1c1ccco1. The molecule has 3 nitrogen and oxygen atoms in total. The van der Waals surface area contributed by atoms with Gasteiger partial charge in [0.2, 0.25) is 0 Å². The standard InChI is InChI=1S/C9H10O3/c1-6-5-8(10)12-9(6)7-3-2-4-11-7/h2-4,6,9H,5H2,1H3/t6-,9-/m0/s1. The topological polar surface area (TPSA) is 39.4 Å². The van der Waals surface area contributed by atoms with Crippen molar-refractivity contribution < 1.29 is 13.9 Å². The zero-order valence-corrected chi connectivity index (χ0v) is 6.82. The fourth-order valence-electron chi connectivity index (χ4n) is 1.47. The highest BCUT2D eigenvalue weighted by Gasteiger charge is 2.34. The van der Waals surface area contributed by atoms with Gasteiger partial charge in [-0.3, -0.25) is 4.79 Å². The molecule has 0 N–H and O–H groups in total. The molecule has 12 heavy (non-hydrogen) atoms. The van der Waals surface area contributed by atoms with Gasteiger partial charge in [-0.15, -0.1) is 0 Å². The van der Waals surface area contributed by atoms with E-state index in [1.54, 1.807) is 12.3 Å². The highest BCUT2D eigenvalue weighted by atomic mass is 16.6. The van der Waals surface area contributed by atoms with Crippen LogP contribution in [0.1, 0.15) is 25.2 Å². The van der Waals surface area contributed by atoms with E-state index in [-0.39, 0.29) is 18.0 Å². The molecule has 0 saturated carbocycles. The predicted molar refractivity (Wildman–Crippen MR) is 41.3 cm³/mol. The number of furan rings is 1. The summed E-state index contributed by atoms with van der Waals surface area (Å²) in [4.78, 5) is 10.9. The number of carbonyl (C=O) groups excluding carboxylic acids is 1. The molecule has 1 aliphatic heterocycles. The fourth-order valence-corrected chi connectivity index (χ4v) is 1.47. The first-order valence-electron chi connectivity index (χ1n) is 4.00. The van der Waals surface area contributed by atoms with Crippen molar-refractivity contribution in [3.8, 4) is 0 Å². The Balaban J connectivity index is 2.20. The molecule has 2 atom stereocenters. The number of hydrogen-bond donors (Lipinski definition) is 0. The molecule has 0 radical (unpaired) electrons. The van der Waals surface area contributed by atoms with Crippen LogP contribution in [0.15, 0.2) is 22.8 Å². The van der Waals surface area contributed by atoms with Crippen LogP contribution in [-0.2, 0) is 9.53 Å². The maximum Gasteiger partial charge on any atom is 0.306 e. The minimum absolute atomic E-state index is 0.135. The Hall–Kier alpha value is -1.25. The first-order chi connectivity index (χ1) is 5.77. The fraction of sp³-hybridized carbons (Fsp3) is 0.444. The molecule has 1 aliphatic rings. The second-order valence-electron chi connectivity index (χ2n) is 3.11. The lowest BCUT2D eigenvalue weighted by Gasteiger charge is -2.09. The monoisotopic (exact) mass is 166 g/mol. The summed E-state index contributed by atoms with van der Waals surface area (Å²) in [5.74, 6) is 0.834. The van der Waals surface area contributed by atoms with Crippen LogP contribution >= 0.6 is 0 Å². The minimum atomic E-state index is -0.174. The van der Waals surface area contributed by atoms with Crippen molar-refractivity contribution in [2.45, 2.75) is 19.4 Å². The molecule has 1 saturated heterocycles. The zero-order valence-electron chi connectivity index (χ0n) is 6.82. The second kappa shape index (κ2) is 2.66. The Morgan fingerprint density at radius 1 is 1.58 bits per heavy atom. The summed E-state index contributed by atoms with van der Waals surface area (Å²) in [6.45, 7) is 1.98. The lowest BCUT2D eigenvalue weighted by Crippen LogP contribution is -2.02. The van der Waals surface area contributed by atoms with Gasteiger partial charge in [0, 0.05) is 5.92 Å². The van der Waals surface area contributed by atoms with Crippen molar-refractivity contribution in [1.82, 2.24) is 0 Å². The third-order valence-electron chi connectivity index (χ3n) is 2.09. The number of rotatable bonds is 1. The van der Waals surface area contributed by atoms with Crippen molar-refractivity contribution in [2.75, 3.05) is 0 Å². The van der Waals surface area contributed by atoms with E-state index in [0.29, 0.717) is 6.42 Å². The van der Waals surface area contributed by atoms with Crippen LogP contribution in [0.2, 0.25) is 0 Å². The lowest BCUT2D eigenvalue weighted by atomic mass is 10.0.